The first-order valence-corrected chi connectivity index (χ1v) is 10.4. The standard InChI is InChI=1S/C18H23N3O3S2/c1-14-5-6-15(2)17(12-14)26(22,23)21-9-7-20(8-10-21)18(25)19-13-16-4-3-11-24-16/h3-6,11-12H,7-10,13H2,1-2H3,(H,19,25). The molecule has 1 saturated heterocycles. The molecule has 8 heteroatoms. The van der Waals surface area contributed by atoms with Crippen molar-refractivity contribution in [1.82, 2.24) is 14.5 Å². The van der Waals surface area contributed by atoms with E-state index in [2.05, 4.69) is 5.32 Å². The highest BCUT2D eigenvalue weighted by atomic mass is 32.2. The molecular formula is C18H23N3O3S2. The van der Waals surface area contributed by atoms with Gasteiger partial charge in [0.15, 0.2) is 5.11 Å². The number of sulfonamides is 1. The summed E-state index contributed by atoms with van der Waals surface area (Å²) in [7, 11) is -3.48. The first-order valence-electron chi connectivity index (χ1n) is 8.50. The molecule has 2 heterocycles. The van der Waals surface area contributed by atoms with Crippen LogP contribution in [0.2, 0.25) is 0 Å². The van der Waals surface area contributed by atoms with Gasteiger partial charge in [0.05, 0.1) is 17.7 Å². The fraction of sp³-hybridized carbons (Fsp3) is 0.389. The summed E-state index contributed by atoms with van der Waals surface area (Å²) in [4.78, 5) is 2.39. The summed E-state index contributed by atoms with van der Waals surface area (Å²) in [5, 5.41) is 3.77. The van der Waals surface area contributed by atoms with Gasteiger partial charge in [-0.2, -0.15) is 4.31 Å². The van der Waals surface area contributed by atoms with Crippen molar-refractivity contribution in [3.05, 3.63) is 53.5 Å². The van der Waals surface area contributed by atoms with Crippen molar-refractivity contribution in [2.24, 2.45) is 0 Å². The lowest BCUT2D eigenvalue weighted by Gasteiger charge is -2.35. The van der Waals surface area contributed by atoms with Crippen molar-refractivity contribution in [3.8, 4) is 0 Å². The molecule has 1 aromatic carbocycles. The van der Waals surface area contributed by atoms with E-state index in [0.29, 0.717) is 42.7 Å². The second-order valence-corrected chi connectivity index (χ2v) is 8.69. The quantitative estimate of drug-likeness (QED) is 0.804. The van der Waals surface area contributed by atoms with Crippen molar-refractivity contribution >= 4 is 27.4 Å². The summed E-state index contributed by atoms with van der Waals surface area (Å²) in [6, 6.07) is 9.23. The Morgan fingerprint density at radius 2 is 1.92 bits per heavy atom. The van der Waals surface area contributed by atoms with E-state index in [1.807, 2.05) is 43.0 Å². The maximum atomic E-state index is 13.0. The molecule has 0 atom stereocenters. The van der Waals surface area contributed by atoms with Crippen LogP contribution >= 0.6 is 12.2 Å². The molecule has 1 aliphatic rings. The van der Waals surface area contributed by atoms with Crippen LogP contribution < -0.4 is 5.32 Å². The van der Waals surface area contributed by atoms with Gasteiger partial charge in [-0.1, -0.05) is 12.1 Å². The minimum Gasteiger partial charge on any atom is -0.467 e. The molecule has 0 bridgehead atoms. The number of piperazine rings is 1. The molecule has 0 radical (unpaired) electrons. The van der Waals surface area contributed by atoms with Gasteiger partial charge in [0.2, 0.25) is 10.0 Å². The van der Waals surface area contributed by atoms with Gasteiger partial charge >= 0.3 is 0 Å². The van der Waals surface area contributed by atoms with Crippen LogP contribution in [-0.4, -0.2) is 48.9 Å². The molecule has 0 aliphatic carbocycles. The fourth-order valence-electron chi connectivity index (χ4n) is 2.94. The summed E-state index contributed by atoms with van der Waals surface area (Å²) in [5.74, 6) is 0.809. The molecule has 0 amide bonds. The average molecular weight is 394 g/mol. The van der Waals surface area contributed by atoms with E-state index in [4.69, 9.17) is 16.6 Å². The zero-order valence-corrected chi connectivity index (χ0v) is 16.6. The first kappa shape index (κ1) is 18.9. The third-order valence-electron chi connectivity index (χ3n) is 4.48. The topological polar surface area (TPSA) is 65.8 Å². The summed E-state index contributed by atoms with van der Waals surface area (Å²) in [5.41, 5.74) is 1.71. The van der Waals surface area contributed by atoms with Gasteiger partial charge in [0.1, 0.15) is 5.76 Å². The fourth-order valence-corrected chi connectivity index (χ4v) is 4.93. The molecule has 140 valence electrons. The molecule has 6 nitrogen and oxygen atoms in total. The first-order chi connectivity index (χ1) is 12.4. The summed E-state index contributed by atoms with van der Waals surface area (Å²) >= 11 is 5.42. The van der Waals surface area contributed by atoms with Crippen LogP contribution in [0, 0.1) is 13.8 Å². The van der Waals surface area contributed by atoms with Crippen molar-refractivity contribution in [3.63, 3.8) is 0 Å². The maximum Gasteiger partial charge on any atom is 0.243 e. The van der Waals surface area contributed by atoms with Crippen LogP contribution in [-0.2, 0) is 16.6 Å². The van der Waals surface area contributed by atoms with Gasteiger partial charge in [0.25, 0.3) is 0 Å². The number of nitrogens with zero attached hydrogens (tertiary/aromatic N) is 2. The minimum atomic E-state index is -3.48. The lowest BCUT2D eigenvalue weighted by molar-refractivity contribution is 0.263. The van der Waals surface area contributed by atoms with Crippen LogP contribution in [0.3, 0.4) is 0 Å². The molecule has 1 aliphatic heterocycles. The zero-order chi connectivity index (χ0) is 18.7. The number of furan rings is 1. The number of hydrogen-bond donors (Lipinski definition) is 1. The second-order valence-electron chi connectivity index (χ2n) is 6.40. The van der Waals surface area contributed by atoms with Gasteiger partial charge < -0.3 is 14.6 Å². The highest BCUT2D eigenvalue weighted by molar-refractivity contribution is 7.89. The van der Waals surface area contributed by atoms with E-state index in [1.165, 1.54) is 0 Å². The lowest BCUT2D eigenvalue weighted by Crippen LogP contribution is -2.52. The number of thiocarbonyl (C=S) groups is 1. The number of hydrogen-bond acceptors (Lipinski definition) is 4. The van der Waals surface area contributed by atoms with Crippen LogP contribution in [0.4, 0.5) is 0 Å². The Labute approximate surface area is 159 Å². The van der Waals surface area contributed by atoms with Crippen molar-refractivity contribution < 1.29 is 12.8 Å². The molecule has 26 heavy (non-hydrogen) atoms. The van der Waals surface area contributed by atoms with Gasteiger partial charge in [-0.25, -0.2) is 8.42 Å². The number of rotatable bonds is 4. The molecule has 0 unspecified atom stereocenters. The zero-order valence-electron chi connectivity index (χ0n) is 14.9. The third-order valence-corrected chi connectivity index (χ3v) is 6.92. The Bertz CT molecular complexity index is 871. The van der Waals surface area contributed by atoms with Gasteiger partial charge in [-0.15, -0.1) is 0 Å². The van der Waals surface area contributed by atoms with Gasteiger partial charge in [0, 0.05) is 26.2 Å². The van der Waals surface area contributed by atoms with Crippen molar-refractivity contribution in [2.45, 2.75) is 25.3 Å². The van der Waals surface area contributed by atoms with E-state index in [-0.39, 0.29) is 0 Å². The van der Waals surface area contributed by atoms with E-state index >= 15 is 0 Å². The van der Waals surface area contributed by atoms with E-state index in [1.54, 1.807) is 16.6 Å². The maximum absolute atomic E-state index is 13.0. The molecule has 1 fully saturated rings. The predicted molar refractivity (Wildman–Crippen MR) is 104 cm³/mol. The number of benzene rings is 1. The Morgan fingerprint density at radius 1 is 1.19 bits per heavy atom. The van der Waals surface area contributed by atoms with Crippen molar-refractivity contribution in [2.75, 3.05) is 26.2 Å². The van der Waals surface area contributed by atoms with E-state index in [0.717, 1.165) is 16.9 Å². The van der Waals surface area contributed by atoms with Gasteiger partial charge in [-0.3, -0.25) is 0 Å². The van der Waals surface area contributed by atoms with E-state index in [9.17, 15) is 8.42 Å². The highest BCUT2D eigenvalue weighted by Gasteiger charge is 2.30. The number of nitrogens with one attached hydrogen (secondary N) is 1. The SMILES string of the molecule is Cc1ccc(C)c(S(=O)(=O)N2CCN(C(=S)NCc3ccco3)CC2)c1. The number of aryl methyl sites for hydroxylation is 2. The average Bonchev–Trinajstić information content (AvgIpc) is 3.15. The molecule has 2 aromatic rings. The van der Waals surface area contributed by atoms with Crippen LogP contribution in [0.5, 0.6) is 0 Å². The lowest BCUT2D eigenvalue weighted by atomic mass is 10.2. The Morgan fingerprint density at radius 3 is 2.58 bits per heavy atom. The predicted octanol–water partition coefficient (Wildman–Crippen LogP) is 2.28. The molecule has 0 saturated carbocycles. The molecular weight excluding hydrogens is 370 g/mol. The largest absolute Gasteiger partial charge is 0.467 e. The van der Waals surface area contributed by atoms with Crippen molar-refractivity contribution in [1.29, 1.82) is 0 Å². The monoisotopic (exact) mass is 393 g/mol. The third kappa shape index (κ3) is 4.08. The van der Waals surface area contributed by atoms with Crippen LogP contribution in [0.25, 0.3) is 0 Å². The summed E-state index contributed by atoms with van der Waals surface area (Å²) in [6.45, 7) is 6.21. The molecule has 0 spiro atoms. The minimum absolute atomic E-state index is 0.393. The smallest absolute Gasteiger partial charge is 0.243 e. The Balaban J connectivity index is 1.60. The molecule has 1 N–H and O–H groups in total. The summed E-state index contributed by atoms with van der Waals surface area (Å²) < 4.78 is 32.7. The van der Waals surface area contributed by atoms with Crippen LogP contribution in [0.15, 0.2) is 45.9 Å². The molecule has 1 aromatic heterocycles. The second kappa shape index (κ2) is 7.77. The van der Waals surface area contributed by atoms with Gasteiger partial charge in [-0.05, 0) is 55.4 Å². The summed E-state index contributed by atoms with van der Waals surface area (Å²) in [6.07, 6.45) is 1.62. The Hall–Kier alpha value is -1.90. The normalized spacial score (nSPS) is 15.8. The highest BCUT2D eigenvalue weighted by Crippen LogP contribution is 2.22. The van der Waals surface area contributed by atoms with Crippen LogP contribution in [0.1, 0.15) is 16.9 Å². The Kier molecular flexibility index (Phi) is 5.64. The van der Waals surface area contributed by atoms with E-state index < -0.39 is 10.0 Å². The molecule has 3 rings (SSSR count).